The second-order valence-electron chi connectivity index (χ2n) is 5.96. The average Bonchev–Trinajstić information content (AvgIpc) is 2.59. The molecule has 0 aliphatic carbocycles. The van der Waals surface area contributed by atoms with E-state index in [1.807, 2.05) is 6.08 Å². The molecule has 0 heterocycles. The molecule has 2 aromatic rings. The molecule has 2 rings (SSSR count). The van der Waals surface area contributed by atoms with Crippen molar-refractivity contribution in [1.29, 1.82) is 0 Å². The van der Waals surface area contributed by atoms with Crippen LogP contribution in [-0.2, 0) is 18.7 Å². The maximum atomic E-state index is 11.0. The van der Waals surface area contributed by atoms with E-state index in [2.05, 4.69) is 60.4 Å². The topological polar surface area (TPSA) is 141 Å². The van der Waals surface area contributed by atoms with Crippen molar-refractivity contribution in [2.24, 2.45) is 0 Å². The lowest BCUT2D eigenvalue weighted by molar-refractivity contribution is -0.143. The van der Waals surface area contributed by atoms with E-state index in [1.54, 1.807) is 0 Å². The van der Waals surface area contributed by atoms with Crippen LogP contribution in [0.4, 0.5) is 0 Å². The Morgan fingerprint density at radius 3 is 2.00 bits per heavy atom. The van der Waals surface area contributed by atoms with E-state index in [-0.39, 0.29) is 5.57 Å². The van der Waals surface area contributed by atoms with Gasteiger partial charge in [0.1, 0.15) is 0 Å². The van der Waals surface area contributed by atoms with E-state index in [1.165, 1.54) is 23.3 Å². The standard InChI is InChI=1S/C12H10.C6H12O8P2/c1-2-10-7-5-8-11-6-3-4-9-12(10)11;1-4(2)5(7)14-6(3,15(8,9)10)16(11,12)13/h2-9H,1H2;1H2,2-3H3,(H2,8,9,10)(H2,11,12,13). The number of carbonyl (C=O) groups is 1. The molecule has 0 aromatic heterocycles. The number of hydrogen-bond acceptors (Lipinski definition) is 4. The highest BCUT2D eigenvalue weighted by atomic mass is 31.2. The van der Waals surface area contributed by atoms with E-state index >= 15 is 0 Å². The molecule has 0 unspecified atom stereocenters. The Hall–Kier alpha value is -2.05. The molecule has 0 saturated carbocycles. The minimum Gasteiger partial charge on any atom is -0.430 e. The maximum Gasteiger partial charge on any atom is 0.381 e. The van der Waals surface area contributed by atoms with Crippen molar-refractivity contribution in [3.8, 4) is 0 Å². The summed E-state index contributed by atoms with van der Waals surface area (Å²) in [6.45, 7) is 8.54. The van der Waals surface area contributed by atoms with Gasteiger partial charge in [0.2, 0.25) is 0 Å². The van der Waals surface area contributed by atoms with Crippen LogP contribution in [0.3, 0.4) is 0 Å². The Bertz CT molecular complexity index is 959. The van der Waals surface area contributed by atoms with Crippen LogP contribution in [0.1, 0.15) is 19.4 Å². The molecule has 10 heteroatoms. The van der Waals surface area contributed by atoms with Crippen LogP contribution in [0.2, 0.25) is 0 Å². The largest absolute Gasteiger partial charge is 0.430 e. The fourth-order valence-electron chi connectivity index (χ4n) is 1.98. The van der Waals surface area contributed by atoms with Crippen LogP contribution >= 0.6 is 15.2 Å². The summed E-state index contributed by atoms with van der Waals surface area (Å²) >= 11 is 0. The van der Waals surface area contributed by atoms with E-state index in [9.17, 15) is 13.9 Å². The Morgan fingerprint density at radius 2 is 1.54 bits per heavy atom. The average molecular weight is 428 g/mol. The zero-order valence-electron chi connectivity index (χ0n) is 15.3. The first-order valence-corrected chi connectivity index (χ1v) is 11.1. The molecule has 152 valence electrons. The van der Waals surface area contributed by atoms with Gasteiger partial charge in [0, 0.05) is 5.57 Å². The van der Waals surface area contributed by atoms with Crippen LogP contribution < -0.4 is 0 Å². The number of carbonyl (C=O) groups excluding carboxylic acids is 1. The number of ether oxygens (including phenoxy) is 1. The lowest BCUT2D eigenvalue weighted by atomic mass is 10.1. The van der Waals surface area contributed by atoms with Crippen molar-refractivity contribution in [3.05, 3.63) is 66.8 Å². The minimum atomic E-state index is -5.35. The highest BCUT2D eigenvalue weighted by Crippen LogP contribution is 2.69. The van der Waals surface area contributed by atoms with Crippen LogP contribution in [-0.4, -0.2) is 30.6 Å². The molecular formula is C18H22O8P2. The molecule has 0 aliphatic rings. The molecule has 0 spiro atoms. The summed E-state index contributed by atoms with van der Waals surface area (Å²) in [5, 5.41) is -0.652. The molecule has 28 heavy (non-hydrogen) atoms. The van der Waals surface area contributed by atoms with Gasteiger partial charge in [-0.2, -0.15) is 0 Å². The van der Waals surface area contributed by atoms with E-state index in [4.69, 9.17) is 19.6 Å². The van der Waals surface area contributed by atoms with Crippen molar-refractivity contribution < 1.29 is 38.2 Å². The predicted molar refractivity (Wildman–Crippen MR) is 107 cm³/mol. The Labute approximate surface area is 162 Å². The molecule has 0 amide bonds. The third kappa shape index (κ3) is 5.49. The molecule has 0 fully saturated rings. The van der Waals surface area contributed by atoms with Gasteiger partial charge in [0.05, 0.1) is 0 Å². The monoisotopic (exact) mass is 428 g/mol. The summed E-state index contributed by atoms with van der Waals surface area (Å²) in [5.41, 5.74) is 0.959. The third-order valence-electron chi connectivity index (χ3n) is 3.76. The van der Waals surface area contributed by atoms with E-state index in [0.29, 0.717) is 6.92 Å². The molecule has 0 atom stereocenters. The van der Waals surface area contributed by atoms with Crippen molar-refractivity contribution in [3.63, 3.8) is 0 Å². The smallest absolute Gasteiger partial charge is 0.381 e. The Morgan fingerprint density at radius 1 is 1.04 bits per heavy atom. The zero-order chi connectivity index (χ0) is 21.8. The molecule has 0 saturated heterocycles. The summed E-state index contributed by atoms with van der Waals surface area (Å²) in [5.74, 6) is -1.30. The van der Waals surface area contributed by atoms with Crippen LogP contribution in [0.5, 0.6) is 0 Å². The first kappa shape index (κ1) is 24.0. The number of hydrogen-bond donors (Lipinski definition) is 4. The number of benzene rings is 2. The van der Waals surface area contributed by atoms with Crippen LogP contribution in [0.25, 0.3) is 16.8 Å². The fourth-order valence-corrected chi connectivity index (χ4v) is 3.74. The number of esters is 1. The normalized spacial score (nSPS) is 11.9. The van der Waals surface area contributed by atoms with Crippen LogP contribution in [0, 0.1) is 0 Å². The van der Waals surface area contributed by atoms with Gasteiger partial charge < -0.3 is 24.3 Å². The molecule has 0 aliphatic heterocycles. The summed E-state index contributed by atoms with van der Waals surface area (Å²) < 4.78 is 26.1. The fraction of sp³-hybridized carbons (Fsp3) is 0.167. The lowest BCUT2D eigenvalue weighted by Gasteiger charge is -2.30. The van der Waals surface area contributed by atoms with Gasteiger partial charge in [-0.25, -0.2) is 4.79 Å². The molecule has 0 radical (unpaired) electrons. The van der Waals surface area contributed by atoms with Crippen LogP contribution in [0.15, 0.2) is 61.2 Å². The van der Waals surface area contributed by atoms with Crippen molar-refractivity contribution >= 4 is 38.0 Å². The quantitative estimate of drug-likeness (QED) is 0.321. The van der Waals surface area contributed by atoms with Gasteiger partial charge in [-0.3, -0.25) is 9.13 Å². The van der Waals surface area contributed by atoms with Gasteiger partial charge in [-0.15, -0.1) is 0 Å². The van der Waals surface area contributed by atoms with E-state index < -0.39 is 26.2 Å². The van der Waals surface area contributed by atoms with Crippen molar-refractivity contribution in [1.82, 2.24) is 0 Å². The van der Waals surface area contributed by atoms with Crippen molar-refractivity contribution in [2.45, 2.75) is 18.9 Å². The van der Waals surface area contributed by atoms with Crippen molar-refractivity contribution in [2.75, 3.05) is 0 Å². The number of fused-ring (bicyclic) bond motifs is 1. The SMILES string of the molecule is C=C(C)C(=O)OC(C)(P(=O)(O)O)P(=O)(O)O.C=Cc1cccc2ccccc12. The van der Waals surface area contributed by atoms with Gasteiger partial charge in [0.25, 0.3) is 0 Å². The highest BCUT2D eigenvalue weighted by molar-refractivity contribution is 7.72. The first-order valence-electron chi connectivity index (χ1n) is 7.85. The second-order valence-corrected chi connectivity index (χ2v) is 10.2. The third-order valence-corrected chi connectivity index (χ3v) is 7.67. The Balaban J connectivity index is 0.000000289. The lowest BCUT2D eigenvalue weighted by Crippen LogP contribution is -2.31. The molecule has 0 bridgehead atoms. The van der Waals surface area contributed by atoms with E-state index in [0.717, 1.165) is 0 Å². The number of rotatable bonds is 5. The second kappa shape index (κ2) is 8.97. The summed E-state index contributed by atoms with van der Waals surface area (Å²) in [6, 6.07) is 14.6. The summed E-state index contributed by atoms with van der Waals surface area (Å²) in [6.07, 6.45) is 1.89. The Kier molecular flexibility index (Phi) is 7.68. The predicted octanol–water partition coefficient (Wildman–Crippen LogP) is 3.62. The first-order chi connectivity index (χ1) is 12.7. The molecule has 2 aromatic carbocycles. The van der Waals surface area contributed by atoms with Gasteiger partial charge >= 0.3 is 26.2 Å². The summed E-state index contributed by atoms with van der Waals surface area (Å²) in [4.78, 5) is 46.3. The molecule has 8 nitrogen and oxygen atoms in total. The van der Waals surface area contributed by atoms with Gasteiger partial charge in [-0.1, -0.05) is 61.7 Å². The minimum absolute atomic E-state index is 0.242. The molecule has 4 N–H and O–H groups in total. The zero-order valence-corrected chi connectivity index (χ0v) is 17.1. The van der Waals surface area contributed by atoms with Gasteiger partial charge in [0.15, 0.2) is 0 Å². The van der Waals surface area contributed by atoms with Gasteiger partial charge in [-0.05, 0) is 30.2 Å². The highest BCUT2D eigenvalue weighted by Gasteiger charge is 2.60. The summed E-state index contributed by atoms with van der Waals surface area (Å²) in [7, 11) is -10.7. The maximum absolute atomic E-state index is 11.0. The molecular weight excluding hydrogens is 406 g/mol.